The Bertz CT molecular complexity index is 526. The van der Waals surface area contributed by atoms with Crippen LogP contribution < -0.4 is 5.32 Å². The van der Waals surface area contributed by atoms with Gasteiger partial charge in [-0.25, -0.2) is 8.42 Å². The second kappa shape index (κ2) is 6.88. The van der Waals surface area contributed by atoms with Crippen molar-refractivity contribution in [2.75, 3.05) is 20.1 Å². The molecule has 1 aromatic heterocycles. The molecular weight excluding hydrogens is 313 g/mol. The van der Waals surface area contributed by atoms with Gasteiger partial charge in [-0.2, -0.15) is 17.5 Å². The van der Waals surface area contributed by atoms with Crippen LogP contribution >= 0.6 is 11.3 Å². The molecule has 1 rings (SSSR count). The zero-order valence-electron chi connectivity index (χ0n) is 11.2. The maximum atomic E-state index is 12.2. The van der Waals surface area contributed by atoms with Crippen molar-refractivity contribution in [3.05, 3.63) is 16.3 Å². The molecule has 0 radical (unpaired) electrons. The van der Waals surface area contributed by atoms with Crippen LogP contribution in [-0.4, -0.2) is 39.0 Å². The van der Waals surface area contributed by atoms with Gasteiger partial charge in [0.15, 0.2) is 0 Å². The van der Waals surface area contributed by atoms with Gasteiger partial charge in [0, 0.05) is 23.8 Å². The molecule has 9 heteroatoms. The van der Waals surface area contributed by atoms with Crippen molar-refractivity contribution in [3.63, 3.8) is 0 Å². The highest BCUT2D eigenvalue weighted by Crippen LogP contribution is 2.24. The Labute approximate surface area is 120 Å². The third-order valence-corrected chi connectivity index (χ3v) is 5.33. The molecule has 4 nitrogen and oxygen atoms in total. The van der Waals surface area contributed by atoms with Crippen molar-refractivity contribution < 1.29 is 21.6 Å². The van der Waals surface area contributed by atoms with Gasteiger partial charge in [0.25, 0.3) is 0 Å². The van der Waals surface area contributed by atoms with E-state index in [2.05, 4.69) is 5.32 Å². The Kier molecular flexibility index (Phi) is 5.99. The lowest BCUT2D eigenvalue weighted by Gasteiger charge is -2.17. The molecule has 116 valence electrons. The number of thiophene rings is 1. The Morgan fingerprint density at radius 1 is 1.40 bits per heavy atom. The lowest BCUT2D eigenvalue weighted by molar-refractivity contribution is -0.134. The molecule has 0 aliphatic rings. The van der Waals surface area contributed by atoms with Crippen LogP contribution in [0.25, 0.3) is 0 Å². The first-order valence-electron chi connectivity index (χ1n) is 5.98. The summed E-state index contributed by atoms with van der Waals surface area (Å²) in [5.74, 6) is 0. The minimum Gasteiger partial charge on any atom is -0.312 e. The summed E-state index contributed by atoms with van der Waals surface area (Å²) in [4.78, 5) is 0.681. The Morgan fingerprint density at radius 3 is 2.60 bits per heavy atom. The fourth-order valence-electron chi connectivity index (χ4n) is 1.49. The standard InChI is InChI=1S/C11H17F3N2O2S2/c1-3-4-15-6-9-5-10(7-19-9)20(17,18)16(2)8-11(12,13)14/h5,7,15H,3-4,6,8H2,1-2H3. The smallest absolute Gasteiger partial charge is 0.312 e. The number of halogens is 3. The number of hydrogen-bond donors (Lipinski definition) is 1. The molecule has 0 aromatic carbocycles. The molecule has 0 unspecified atom stereocenters. The number of nitrogens with one attached hydrogen (secondary N) is 1. The monoisotopic (exact) mass is 330 g/mol. The van der Waals surface area contributed by atoms with E-state index in [1.807, 2.05) is 6.92 Å². The predicted octanol–water partition coefficient (Wildman–Crippen LogP) is 2.43. The van der Waals surface area contributed by atoms with Crippen molar-refractivity contribution in [3.8, 4) is 0 Å². The van der Waals surface area contributed by atoms with Crippen molar-refractivity contribution in [1.29, 1.82) is 0 Å². The van der Waals surface area contributed by atoms with Gasteiger partial charge in [-0.1, -0.05) is 6.92 Å². The van der Waals surface area contributed by atoms with E-state index in [-0.39, 0.29) is 4.90 Å². The maximum Gasteiger partial charge on any atom is 0.402 e. The summed E-state index contributed by atoms with van der Waals surface area (Å²) in [7, 11) is -3.16. The van der Waals surface area contributed by atoms with Crippen LogP contribution in [0.2, 0.25) is 0 Å². The Balaban J connectivity index is 2.77. The van der Waals surface area contributed by atoms with Gasteiger partial charge >= 0.3 is 6.18 Å². The zero-order valence-corrected chi connectivity index (χ0v) is 12.8. The number of hydrogen-bond acceptors (Lipinski definition) is 4. The molecule has 0 fully saturated rings. The highest BCUT2D eigenvalue weighted by Gasteiger charge is 2.35. The minimum absolute atomic E-state index is 0.0949. The van der Waals surface area contributed by atoms with Crippen LogP contribution in [-0.2, 0) is 16.6 Å². The summed E-state index contributed by atoms with van der Waals surface area (Å²) in [6.45, 7) is 1.82. The highest BCUT2D eigenvalue weighted by molar-refractivity contribution is 7.89. The summed E-state index contributed by atoms with van der Waals surface area (Å²) in [6, 6.07) is 1.41. The van der Waals surface area contributed by atoms with Crippen LogP contribution in [0.1, 0.15) is 18.2 Å². The molecule has 1 aromatic rings. The molecule has 0 saturated heterocycles. The van der Waals surface area contributed by atoms with E-state index in [1.165, 1.54) is 22.8 Å². The van der Waals surface area contributed by atoms with E-state index in [0.29, 0.717) is 10.8 Å². The topological polar surface area (TPSA) is 49.4 Å². The molecule has 1 heterocycles. The molecule has 0 amide bonds. The van der Waals surface area contributed by atoms with Gasteiger partial charge < -0.3 is 5.32 Å². The fraction of sp³-hybridized carbons (Fsp3) is 0.636. The second-order valence-corrected chi connectivity index (χ2v) is 7.34. The first-order valence-corrected chi connectivity index (χ1v) is 8.30. The Morgan fingerprint density at radius 2 is 2.05 bits per heavy atom. The summed E-state index contributed by atoms with van der Waals surface area (Å²) >= 11 is 1.21. The second-order valence-electron chi connectivity index (χ2n) is 4.30. The third-order valence-electron chi connectivity index (χ3n) is 2.47. The normalized spacial score (nSPS) is 13.1. The first-order chi connectivity index (χ1) is 9.16. The zero-order chi connectivity index (χ0) is 15.4. The summed E-state index contributed by atoms with van der Waals surface area (Å²) in [6.07, 6.45) is -3.60. The van der Waals surface area contributed by atoms with Gasteiger partial charge in [-0.3, -0.25) is 0 Å². The average Bonchev–Trinajstić information content (AvgIpc) is 2.76. The first kappa shape index (κ1) is 17.4. The predicted molar refractivity (Wildman–Crippen MR) is 72.2 cm³/mol. The van der Waals surface area contributed by atoms with Crippen molar-refractivity contribution in [2.45, 2.75) is 31.0 Å². The molecular formula is C11H17F3N2O2S2. The number of alkyl halides is 3. The molecule has 0 aliphatic heterocycles. The summed E-state index contributed by atoms with van der Waals surface area (Å²) in [5.41, 5.74) is 0. The van der Waals surface area contributed by atoms with Crippen LogP contribution in [0, 0.1) is 0 Å². The number of rotatable bonds is 7. The maximum absolute atomic E-state index is 12.2. The van der Waals surface area contributed by atoms with E-state index in [1.54, 1.807) is 0 Å². The van der Waals surface area contributed by atoms with E-state index in [4.69, 9.17) is 0 Å². The van der Waals surface area contributed by atoms with Gasteiger partial charge in [-0.15, -0.1) is 11.3 Å². The van der Waals surface area contributed by atoms with Crippen molar-refractivity contribution in [1.82, 2.24) is 9.62 Å². The Hall–Kier alpha value is -0.640. The minimum atomic E-state index is -4.55. The fourth-order valence-corrected chi connectivity index (χ4v) is 3.88. The van der Waals surface area contributed by atoms with Crippen molar-refractivity contribution >= 4 is 21.4 Å². The molecule has 20 heavy (non-hydrogen) atoms. The SMILES string of the molecule is CCCNCc1cc(S(=O)(=O)N(C)CC(F)(F)F)cs1. The van der Waals surface area contributed by atoms with E-state index in [0.717, 1.165) is 24.9 Å². The summed E-state index contributed by atoms with van der Waals surface area (Å²) < 4.78 is 61.0. The largest absolute Gasteiger partial charge is 0.402 e. The van der Waals surface area contributed by atoms with E-state index >= 15 is 0 Å². The lowest BCUT2D eigenvalue weighted by atomic mass is 10.4. The van der Waals surface area contributed by atoms with Crippen LogP contribution in [0.15, 0.2) is 16.3 Å². The molecule has 1 N–H and O–H groups in total. The average molecular weight is 330 g/mol. The third kappa shape index (κ3) is 5.04. The van der Waals surface area contributed by atoms with E-state index < -0.39 is 22.7 Å². The van der Waals surface area contributed by atoms with Gasteiger partial charge in [-0.05, 0) is 19.0 Å². The molecule has 0 spiro atoms. The molecule has 0 atom stereocenters. The quantitative estimate of drug-likeness (QED) is 0.781. The van der Waals surface area contributed by atoms with Crippen LogP contribution in [0.5, 0.6) is 0 Å². The number of nitrogens with zero attached hydrogens (tertiary/aromatic N) is 1. The lowest BCUT2D eigenvalue weighted by Crippen LogP contribution is -2.35. The molecule has 0 aliphatic carbocycles. The van der Waals surface area contributed by atoms with Gasteiger partial charge in [0.1, 0.15) is 6.54 Å². The highest BCUT2D eigenvalue weighted by atomic mass is 32.2. The van der Waals surface area contributed by atoms with E-state index in [9.17, 15) is 21.6 Å². The van der Waals surface area contributed by atoms with Crippen LogP contribution in [0.3, 0.4) is 0 Å². The van der Waals surface area contributed by atoms with Gasteiger partial charge in [0.2, 0.25) is 10.0 Å². The van der Waals surface area contributed by atoms with Gasteiger partial charge in [0.05, 0.1) is 4.90 Å². The van der Waals surface area contributed by atoms with Crippen molar-refractivity contribution in [2.24, 2.45) is 0 Å². The molecule has 0 saturated carbocycles. The number of sulfonamides is 1. The molecule has 0 bridgehead atoms. The van der Waals surface area contributed by atoms with Crippen LogP contribution in [0.4, 0.5) is 13.2 Å². The summed E-state index contributed by atoms with van der Waals surface area (Å²) in [5, 5.41) is 4.47.